The molecule has 0 bridgehead atoms. The molecule has 0 aromatic rings. The lowest BCUT2D eigenvalue weighted by molar-refractivity contribution is 0.584. The molecule has 4 unspecified atom stereocenters. The first-order valence-electron chi connectivity index (χ1n) is 3.75. The maximum Gasteiger partial charge on any atom is 0.153 e. The highest BCUT2D eigenvalue weighted by atomic mass is 35.5. The van der Waals surface area contributed by atoms with E-state index in [1.807, 2.05) is 6.92 Å². The molecule has 1 saturated carbocycles. The van der Waals surface area contributed by atoms with Crippen LogP contribution in [-0.4, -0.2) is 24.8 Å². The first kappa shape index (κ1) is 7.87. The molecule has 4 heteroatoms. The number of halogens is 1. The highest BCUT2D eigenvalue weighted by Gasteiger charge is 2.71. The van der Waals surface area contributed by atoms with E-state index in [-0.39, 0.29) is 22.0 Å². The standard InChI is InChI=1S/C7H11ClO2S/c1-4-5-6(8)7(5,2)3-11(4,9)10/h4-6H,3H2,1-2H3. The monoisotopic (exact) mass is 194 g/mol. The summed E-state index contributed by atoms with van der Waals surface area (Å²) in [6.07, 6.45) is 0. The second kappa shape index (κ2) is 1.77. The Labute approximate surface area is 71.8 Å². The summed E-state index contributed by atoms with van der Waals surface area (Å²) in [7, 11) is -2.80. The maximum absolute atomic E-state index is 11.3. The van der Waals surface area contributed by atoms with Crippen molar-refractivity contribution >= 4 is 21.4 Å². The van der Waals surface area contributed by atoms with E-state index in [9.17, 15) is 8.42 Å². The summed E-state index contributed by atoms with van der Waals surface area (Å²) in [5.41, 5.74) is -0.0974. The Hall–Kier alpha value is 0.240. The molecule has 2 nitrogen and oxygen atoms in total. The summed E-state index contributed by atoms with van der Waals surface area (Å²) < 4.78 is 22.6. The fraction of sp³-hybridized carbons (Fsp3) is 1.00. The van der Waals surface area contributed by atoms with Gasteiger partial charge >= 0.3 is 0 Å². The van der Waals surface area contributed by atoms with Crippen molar-refractivity contribution in [1.29, 1.82) is 0 Å². The number of hydrogen-bond acceptors (Lipinski definition) is 2. The first-order valence-corrected chi connectivity index (χ1v) is 5.90. The summed E-state index contributed by atoms with van der Waals surface area (Å²) in [5, 5.41) is -0.115. The number of alkyl halides is 1. The quantitative estimate of drug-likeness (QED) is 0.541. The number of rotatable bonds is 0. The first-order chi connectivity index (χ1) is 4.89. The molecule has 0 aromatic carbocycles. The third-order valence-electron chi connectivity index (χ3n) is 3.18. The van der Waals surface area contributed by atoms with Crippen molar-refractivity contribution in [2.24, 2.45) is 11.3 Å². The minimum Gasteiger partial charge on any atom is -0.229 e. The molecule has 0 N–H and O–H groups in total. The average Bonchev–Trinajstić information content (AvgIpc) is 2.24. The number of sulfone groups is 1. The van der Waals surface area contributed by atoms with Crippen LogP contribution in [0.5, 0.6) is 0 Å². The maximum atomic E-state index is 11.3. The van der Waals surface area contributed by atoms with Crippen molar-refractivity contribution in [2.75, 3.05) is 5.75 Å². The van der Waals surface area contributed by atoms with Crippen molar-refractivity contribution < 1.29 is 8.42 Å². The largest absolute Gasteiger partial charge is 0.229 e. The predicted octanol–water partition coefficient (Wildman–Crippen LogP) is 1.05. The Morgan fingerprint density at radius 1 is 1.55 bits per heavy atom. The van der Waals surface area contributed by atoms with E-state index in [0.29, 0.717) is 5.75 Å². The third kappa shape index (κ3) is 0.760. The minimum absolute atomic E-state index is 0.0974. The van der Waals surface area contributed by atoms with Crippen LogP contribution in [0, 0.1) is 11.3 Å². The van der Waals surface area contributed by atoms with Crippen molar-refractivity contribution in [2.45, 2.75) is 24.5 Å². The van der Waals surface area contributed by atoms with Gasteiger partial charge in [-0.3, -0.25) is 0 Å². The van der Waals surface area contributed by atoms with Crippen molar-refractivity contribution in [1.82, 2.24) is 0 Å². The zero-order valence-corrected chi connectivity index (χ0v) is 8.11. The topological polar surface area (TPSA) is 34.1 Å². The Morgan fingerprint density at radius 3 is 2.36 bits per heavy atom. The molecule has 11 heavy (non-hydrogen) atoms. The number of hydrogen-bond donors (Lipinski definition) is 0. The smallest absolute Gasteiger partial charge is 0.153 e. The lowest BCUT2D eigenvalue weighted by Gasteiger charge is -2.06. The van der Waals surface area contributed by atoms with E-state index < -0.39 is 9.84 Å². The molecular formula is C7H11ClO2S. The summed E-state index contributed by atoms with van der Waals surface area (Å²) in [6, 6.07) is 0. The Kier molecular flexibility index (Phi) is 1.26. The van der Waals surface area contributed by atoms with E-state index in [1.54, 1.807) is 6.92 Å². The Balaban J connectivity index is 2.38. The van der Waals surface area contributed by atoms with Crippen molar-refractivity contribution in [3.8, 4) is 0 Å². The number of fused-ring (bicyclic) bond motifs is 1. The molecule has 2 aliphatic rings. The van der Waals surface area contributed by atoms with Gasteiger partial charge in [0.15, 0.2) is 9.84 Å². The van der Waals surface area contributed by atoms with Gasteiger partial charge in [0.25, 0.3) is 0 Å². The molecule has 1 saturated heterocycles. The fourth-order valence-electron chi connectivity index (χ4n) is 2.28. The molecule has 64 valence electrons. The summed E-state index contributed by atoms with van der Waals surface area (Å²) in [5.74, 6) is 0.508. The van der Waals surface area contributed by atoms with Gasteiger partial charge in [0, 0.05) is 16.7 Å². The van der Waals surface area contributed by atoms with E-state index >= 15 is 0 Å². The van der Waals surface area contributed by atoms with E-state index in [2.05, 4.69) is 0 Å². The molecule has 0 spiro atoms. The molecule has 0 aromatic heterocycles. The molecule has 1 aliphatic carbocycles. The molecular weight excluding hydrogens is 184 g/mol. The van der Waals surface area contributed by atoms with E-state index in [4.69, 9.17) is 11.6 Å². The highest BCUT2D eigenvalue weighted by Crippen LogP contribution is 2.64. The molecule has 0 radical (unpaired) electrons. The van der Waals surface area contributed by atoms with Crippen LogP contribution in [0.2, 0.25) is 0 Å². The van der Waals surface area contributed by atoms with Crippen molar-refractivity contribution in [3.05, 3.63) is 0 Å². The molecule has 2 rings (SSSR count). The van der Waals surface area contributed by atoms with Gasteiger partial charge in [0.1, 0.15) is 0 Å². The fourth-order valence-corrected chi connectivity index (χ4v) is 5.53. The molecule has 1 aliphatic heterocycles. The van der Waals surface area contributed by atoms with Crippen LogP contribution in [0.3, 0.4) is 0 Å². The van der Waals surface area contributed by atoms with Crippen LogP contribution in [0.25, 0.3) is 0 Å². The zero-order chi connectivity index (χ0) is 8.44. The minimum atomic E-state index is -2.80. The second-order valence-corrected chi connectivity index (χ2v) is 6.77. The third-order valence-corrected chi connectivity index (χ3v) is 6.40. The lowest BCUT2D eigenvalue weighted by atomic mass is 10.1. The zero-order valence-electron chi connectivity index (χ0n) is 6.54. The highest BCUT2D eigenvalue weighted by molar-refractivity contribution is 7.92. The molecule has 1 heterocycles. The summed E-state index contributed by atoms with van der Waals surface area (Å²) in [6.45, 7) is 3.74. The van der Waals surface area contributed by atoms with E-state index in [1.165, 1.54) is 0 Å². The molecule has 2 fully saturated rings. The van der Waals surface area contributed by atoms with Crippen LogP contribution < -0.4 is 0 Å². The van der Waals surface area contributed by atoms with Crippen LogP contribution in [0.4, 0.5) is 0 Å². The van der Waals surface area contributed by atoms with Gasteiger partial charge < -0.3 is 0 Å². The van der Waals surface area contributed by atoms with Crippen LogP contribution in [-0.2, 0) is 9.84 Å². The van der Waals surface area contributed by atoms with Gasteiger partial charge in [-0.25, -0.2) is 8.42 Å². The molecule has 0 amide bonds. The van der Waals surface area contributed by atoms with Gasteiger partial charge in [0.05, 0.1) is 11.0 Å². The summed E-state index contributed by atoms with van der Waals surface area (Å²) in [4.78, 5) is 0. The lowest BCUT2D eigenvalue weighted by Crippen LogP contribution is -2.20. The van der Waals surface area contributed by atoms with Gasteiger partial charge in [-0.1, -0.05) is 6.92 Å². The van der Waals surface area contributed by atoms with Gasteiger partial charge in [-0.05, 0) is 6.92 Å². The average molecular weight is 195 g/mol. The SMILES string of the molecule is CC1C2C(Cl)C2(C)CS1(=O)=O. The van der Waals surface area contributed by atoms with E-state index in [0.717, 1.165) is 0 Å². The van der Waals surface area contributed by atoms with Crippen LogP contribution in [0.15, 0.2) is 0 Å². The summed E-state index contributed by atoms with van der Waals surface area (Å²) >= 11 is 5.95. The van der Waals surface area contributed by atoms with Gasteiger partial charge in [-0.15, -0.1) is 11.6 Å². The van der Waals surface area contributed by atoms with Gasteiger partial charge in [0.2, 0.25) is 0 Å². The Morgan fingerprint density at radius 2 is 2.09 bits per heavy atom. The molecule has 4 atom stereocenters. The normalized spacial score (nSPS) is 59.0. The van der Waals surface area contributed by atoms with Crippen LogP contribution in [0.1, 0.15) is 13.8 Å². The Bertz CT molecular complexity index is 298. The van der Waals surface area contributed by atoms with Crippen molar-refractivity contribution in [3.63, 3.8) is 0 Å². The predicted molar refractivity (Wildman–Crippen MR) is 44.5 cm³/mol. The second-order valence-electron chi connectivity index (χ2n) is 3.95. The van der Waals surface area contributed by atoms with Gasteiger partial charge in [-0.2, -0.15) is 0 Å². The van der Waals surface area contributed by atoms with Crippen LogP contribution >= 0.6 is 11.6 Å².